The number of ether oxygens (including phenoxy) is 1. The number of nitrogens with one attached hydrogen (secondary N) is 2. The van der Waals surface area contributed by atoms with Crippen LogP contribution < -0.4 is 10.6 Å². The summed E-state index contributed by atoms with van der Waals surface area (Å²) in [5.74, 6) is 0.791. The zero-order chi connectivity index (χ0) is 19.1. The van der Waals surface area contributed by atoms with Gasteiger partial charge in [0.15, 0.2) is 5.82 Å². The largest absolute Gasteiger partial charge is 0.377 e. The van der Waals surface area contributed by atoms with Crippen molar-refractivity contribution in [3.63, 3.8) is 0 Å². The molecule has 0 spiro atoms. The second-order valence-corrected chi connectivity index (χ2v) is 6.86. The van der Waals surface area contributed by atoms with Crippen LogP contribution in [0.1, 0.15) is 43.5 Å². The van der Waals surface area contributed by atoms with Gasteiger partial charge in [-0.2, -0.15) is 4.98 Å². The van der Waals surface area contributed by atoms with E-state index < -0.39 is 0 Å². The van der Waals surface area contributed by atoms with Gasteiger partial charge in [-0.05, 0) is 44.0 Å². The third-order valence-electron chi connectivity index (χ3n) is 4.69. The summed E-state index contributed by atoms with van der Waals surface area (Å²) in [5, 5.41) is 9.32. The molecule has 1 saturated heterocycles. The van der Waals surface area contributed by atoms with Crippen molar-refractivity contribution < 1.29 is 14.1 Å². The molecule has 8 heteroatoms. The molecule has 0 saturated carbocycles. The number of aromatic nitrogens is 2. The molecule has 0 bridgehead atoms. The SMILES string of the molecule is COCc1noc(CNC(=O)Nc2cccc(CN3CCCC[C@H]3C)c2)n1. The normalized spacial score (nSPS) is 17.6. The molecule has 2 aromatic rings. The molecule has 146 valence electrons. The summed E-state index contributed by atoms with van der Waals surface area (Å²) in [4.78, 5) is 18.7. The molecule has 0 radical (unpaired) electrons. The smallest absolute Gasteiger partial charge is 0.319 e. The molecule has 8 nitrogen and oxygen atoms in total. The average Bonchev–Trinajstić information content (AvgIpc) is 3.10. The fourth-order valence-corrected chi connectivity index (χ4v) is 3.26. The number of urea groups is 1. The Labute approximate surface area is 159 Å². The quantitative estimate of drug-likeness (QED) is 0.775. The minimum absolute atomic E-state index is 0.160. The van der Waals surface area contributed by atoms with Gasteiger partial charge in [0.25, 0.3) is 0 Å². The first-order chi connectivity index (χ1) is 13.1. The number of anilines is 1. The van der Waals surface area contributed by atoms with E-state index in [0.29, 0.717) is 17.8 Å². The van der Waals surface area contributed by atoms with Gasteiger partial charge in [0.2, 0.25) is 5.89 Å². The number of benzene rings is 1. The predicted molar refractivity (Wildman–Crippen MR) is 101 cm³/mol. The minimum Gasteiger partial charge on any atom is -0.377 e. The number of amides is 2. The fourth-order valence-electron chi connectivity index (χ4n) is 3.26. The lowest BCUT2D eigenvalue weighted by Gasteiger charge is -2.33. The van der Waals surface area contributed by atoms with Crippen molar-refractivity contribution in [3.8, 4) is 0 Å². The van der Waals surface area contributed by atoms with E-state index >= 15 is 0 Å². The molecular formula is C19H27N5O3. The van der Waals surface area contributed by atoms with Crippen molar-refractivity contribution in [1.29, 1.82) is 0 Å². The summed E-state index contributed by atoms with van der Waals surface area (Å²) in [6.45, 7) is 4.76. The first-order valence-corrected chi connectivity index (χ1v) is 9.32. The van der Waals surface area contributed by atoms with E-state index in [1.807, 2.05) is 18.2 Å². The van der Waals surface area contributed by atoms with Gasteiger partial charge in [0, 0.05) is 25.4 Å². The van der Waals surface area contributed by atoms with Crippen LogP contribution >= 0.6 is 0 Å². The van der Waals surface area contributed by atoms with Crippen LogP contribution in [0.15, 0.2) is 28.8 Å². The van der Waals surface area contributed by atoms with Crippen LogP contribution in [-0.2, 0) is 24.4 Å². The van der Waals surface area contributed by atoms with Crippen LogP contribution in [-0.4, -0.2) is 40.8 Å². The van der Waals surface area contributed by atoms with Crippen LogP contribution in [0, 0.1) is 0 Å². The molecular weight excluding hydrogens is 346 g/mol. The lowest BCUT2D eigenvalue weighted by Crippen LogP contribution is -2.36. The maximum atomic E-state index is 12.1. The van der Waals surface area contributed by atoms with E-state index in [1.54, 1.807) is 7.11 Å². The lowest BCUT2D eigenvalue weighted by molar-refractivity contribution is 0.152. The van der Waals surface area contributed by atoms with E-state index in [4.69, 9.17) is 9.26 Å². The van der Waals surface area contributed by atoms with Crippen molar-refractivity contribution in [2.24, 2.45) is 0 Å². The third kappa shape index (κ3) is 5.77. The van der Waals surface area contributed by atoms with Crippen LogP contribution in [0.2, 0.25) is 0 Å². The van der Waals surface area contributed by atoms with Crippen LogP contribution in [0.5, 0.6) is 0 Å². The van der Waals surface area contributed by atoms with E-state index in [2.05, 4.69) is 38.7 Å². The van der Waals surface area contributed by atoms with Gasteiger partial charge in [-0.3, -0.25) is 4.90 Å². The highest BCUT2D eigenvalue weighted by Crippen LogP contribution is 2.20. The number of piperidine rings is 1. The second-order valence-electron chi connectivity index (χ2n) is 6.86. The molecule has 1 aromatic carbocycles. The van der Waals surface area contributed by atoms with Gasteiger partial charge < -0.3 is 19.9 Å². The molecule has 2 amide bonds. The molecule has 0 unspecified atom stereocenters. The summed E-state index contributed by atoms with van der Waals surface area (Å²) in [5.41, 5.74) is 1.96. The zero-order valence-corrected chi connectivity index (χ0v) is 15.9. The molecule has 1 aliphatic heterocycles. The van der Waals surface area contributed by atoms with Gasteiger partial charge in [-0.15, -0.1) is 0 Å². The standard InChI is InChI=1S/C19H27N5O3/c1-14-6-3-4-9-24(14)12-15-7-5-8-16(10-15)21-19(25)20-11-18-22-17(13-26-2)23-27-18/h5,7-8,10,14H,3-4,6,9,11-13H2,1-2H3,(H2,20,21,25)/t14-/m1/s1. The van der Waals surface area contributed by atoms with Gasteiger partial charge in [-0.25, -0.2) is 4.79 Å². The fraction of sp³-hybridized carbons (Fsp3) is 0.526. The monoisotopic (exact) mass is 373 g/mol. The number of carbonyl (C=O) groups is 1. The van der Waals surface area contributed by atoms with Gasteiger partial charge in [0.1, 0.15) is 6.61 Å². The Balaban J connectivity index is 1.50. The minimum atomic E-state index is -0.315. The van der Waals surface area contributed by atoms with Crippen molar-refractivity contribution in [2.45, 2.75) is 51.9 Å². The van der Waals surface area contributed by atoms with Crippen molar-refractivity contribution in [2.75, 3.05) is 19.0 Å². The highest BCUT2D eigenvalue weighted by atomic mass is 16.5. The number of methoxy groups -OCH3 is 1. The molecule has 1 aromatic heterocycles. The van der Waals surface area contributed by atoms with E-state index in [0.717, 1.165) is 18.8 Å². The van der Waals surface area contributed by atoms with Crippen LogP contribution in [0.4, 0.5) is 10.5 Å². The highest BCUT2D eigenvalue weighted by molar-refractivity contribution is 5.89. The van der Waals surface area contributed by atoms with Gasteiger partial charge in [-0.1, -0.05) is 23.7 Å². The maximum Gasteiger partial charge on any atom is 0.319 e. The number of hydrogen-bond acceptors (Lipinski definition) is 6. The summed E-state index contributed by atoms with van der Waals surface area (Å²) >= 11 is 0. The Bertz CT molecular complexity index is 748. The molecule has 27 heavy (non-hydrogen) atoms. The summed E-state index contributed by atoms with van der Waals surface area (Å²) in [7, 11) is 1.56. The molecule has 2 N–H and O–H groups in total. The number of rotatable bonds is 7. The summed E-state index contributed by atoms with van der Waals surface area (Å²) < 4.78 is 9.97. The van der Waals surface area contributed by atoms with Gasteiger partial charge >= 0.3 is 6.03 Å². The number of carbonyl (C=O) groups excluding carboxylic acids is 1. The van der Waals surface area contributed by atoms with Crippen LogP contribution in [0.25, 0.3) is 0 Å². The zero-order valence-electron chi connectivity index (χ0n) is 15.9. The summed E-state index contributed by atoms with van der Waals surface area (Å²) in [6, 6.07) is 8.26. The highest BCUT2D eigenvalue weighted by Gasteiger charge is 2.18. The molecule has 2 heterocycles. The Kier molecular flexibility index (Phi) is 6.78. The third-order valence-corrected chi connectivity index (χ3v) is 4.69. The Morgan fingerprint density at radius 2 is 2.30 bits per heavy atom. The number of hydrogen-bond donors (Lipinski definition) is 2. The predicted octanol–water partition coefficient (Wildman–Crippen LogP) is 2.91. The van der Waals surface area contributed by atoms with Gasteiger partial charge in [0.05, 0.1) is 6.54 Å². The number of nitrogens with zero attached hydrogens (tertiary/aromatic N) is 3. The van der Waals surface area contributed by atoms with E-state index in [-0.39, 0.29) is 19.2 Å². The van der Waals surface area contributed by atoms with E-state index in [1.165, 1.54) is 24.8 Å². The average molecular weight is 373 g/mol. The Hall–Kier alpha value is -2.45. The maximum absolute atomic E-state index is 12.1. The first kappa shape index (κ1) is 19.3. The van der Waals surface area contributed by atoms with Crippen molar-refractivity contribution in [1.82, 2.24) is 20.4 Å². The number of likely N-dealkylation sites (tertiary alicyclic amines) is 1. The molecule has 1 fully saturated rings. The summed E-state index contributed by atoms with van der Waals surface area (Å²) in [6.07, 6.45) is 3.82. The van der Waals surface area contributed by atoms with Crippen LogP contribution in [0.3, 0.4) is 0 Å². The van der Waals surface area contributed by atoms with Crippen molar-refractivity contribution >= 4 is 11.7 Å². The Morgan fingerprint density at radius 1 is 1.41 bits per heavy atom. The lowest BCUT2D eigenvalue weighted by atomic mass is 10.0. The molecule has 1 aliphatic rings. The molecule has 0 aliphatic carbocycles. The topological polar surface area (TPSA) is 92.5 Å². The van der Waals surface area contributed by atoms with Crippen molar-refractivity contribution in [3.05, 3.63) is 41.5 Å². The van der Waals surface area contributed by atoms with E-state index in [9.17, 15) is 4.79 Å². The molecule has 3 rings (SSSR count). The Morgan fingerprint density at radius 3 is 3.11 bits per heavy atom. The second kappa shape index (κ2) is 9.48. The first-order valence-electron chi connectivity index (χ1n) is 9.32. The molecule has 1 atom stereocenters.